The number of benzene rings is 1. The molecule has 0 fully saturated rings. The Hall–Kier alpha value is -3.03. The molecule has 144 valence electrons. The molecule has 1 aliphatic rings. The smallest absolute Gasteiger partial charge is 0.254 e. The lowest BCUT2D eigenvalue weighted by atomic mass is 10.2. The summed E-state index contributed by atoms with van der Waals surface area (Å²) in [5.74, 6) is 1.13. The molecular formula is C19H26N6O2. The Morgan fingerprint density at radius 3 is 3.07 bits per heavy atom. The van der Waals surface area contributed by atoms with Crippen LogP contribution in [0.2, 0.25) is 0 Å². The van der Waals surface area contributed by atoms with Crippen molar-refractivity contribution in [2.75, 3.05) is 35.6 Å². The lowest BCUT2D eigenvalue weighted by molar-refractivity contribution is 0.100. The van der Waals surface area contributed by atoms with Gasteiger partial charge in [-0.3, -0.25) is 4.79 Å². The largest absolute Gasteiger partial charge is 0.491 e. The van der Waals surface area contributed by atoms with Gasteiger partial charge in [-0.05, 0) is 31.0 Å². The zero-order valence-electron chi connectivity index (χ0n) is 15.5. The molecule has 27 heavy (non-hydrogen) atoms. The fraction of sp³-hybridized carbons (Fsp3) is 0.421. The molecule has 0 saturated heterocycles. The van der Waals surface area contributed by atoms with E-state index in [2.05, 4.69) is 32.8 Å². The molecule has 0 spiro atoms. The molecule has 2 heterocycles. The van der Waals surface area contributed by atoms with E-state index in [4.69, 9.17) is 10.5 Å². The van der Waals surface area contributed by atoms with Crippen molar-refractivity contribution < 1.29 is 9.53 Å². The first-order valence-corrected chi connectivity index (χ1v) is 9.36. The summed E-state index contributed by atoms with van der Waals surface area (Å²) in [6, 6.07) is 5.78. The summed E-state index contributed by atoms with van der Waals surface area (Å²) in [5, 5.41) is 9.71. The van der Waals surface area contributed by atoms with Crippen LogP contribution in [-0.2, 0) is 0 Å². The molecule has 0 radical (unpaired) electrons. The van der Waals surface area contributed by atoms with Crippen LogP contribution in [0.5, 0.6) is 5.75 Å². The van der Waals surface area contributed by atoms with Crippen LogP contribution >= 0.6 is 0 Å². The summed E-state index contributed by atoms with van der Waals surface area (Å²) in [4.78, 5) is 20.3. The minimum atomic E-state index is -0.550. The molecule has 2 aromatic rings. The van der Waals surface area contributed by atoms with Crippen molar-refractivity contribution in [3.05, 3.63) is 30.0 Å². The van der Waals surface area contributed by atoms with Crippen LogP contribution in [0.1, 0.15) is 43.0 Å². The number of anilines is 4. The maximum Gasteiger partial charge on any atom is 0.254 e. The zero-order valence-corrected chi connectivity index (χ0v) is 15.5. The second-order valence-corrected chi connectivity index (χ2v) is 6.42. The van der Waals surface area contributed by atoms with Gasteiger partial charge in [-0.1, -0.05) is 19.8 Å². The summed E-state index contributed by atoms with van der Waals surface area (Å²) < 4.78 is 5.70. The van der Waals surface area contributed by atoms with E-state index in [-0.39, 0.29) is 5.56 Å². The first kappa shape index (κ1) is 18.8. The van der Waals surface area contributed by atoms with Gasteiger partial charge in [0.1, 0.15) is 11.6 Å². The second kappa shape index (κ2) is 9.07. The number of rotatable bonds is 8. The first-order valence-electron chi connectivity index (χ1n) is 9.36. The van der Waals surface area contributed by atoms with Gasteiger partial charge in [-0.15, -0.1) is 0 Å². The third-order valence-corrected chi connectivity index (χ3v) is 4.26. The van der Waals surface area contributed by atoms with Crippen LogP contribution in [0.3, 0.4) is 0 Å². The van der Waals surface area contributed by atoms with E-state index >= 15 is 0 Å². The molecule has 0 unspecified atom stereocenters. The monoisotopic (exact) mass is 370 g/mol. The summed E-state index contributed by atoms with van der Waals surface area (Å²) in [6.07, 6.45) is 5.64. The van der Waals surface area contributed by atoms with Gasteiger partial charge in [0.2, 0.25) is 5.95 Å². The minimum Gasteiger partial charge on any atom is -0.491 e. The van der Waals surface area contributed by atoms with Crippen molar-refractivity contribution in [3.63, 3.8) is 0 Å². The highest BCUT2D eigenvalue weighted by molar-refractivity contribution is 5.97. The normalized spacial score (nSPS) is 12.9. The number of ether oxygens (including phenoxy) is 1. The van der Waals surface area contributed by atoms with Crippen LogP contribution in [0.25, 0.3) is 0 Å². The standard InChI is InChI=1S/C19H26N6O2/c1-2-3-4-8-22-18-14(17(20)26)12-23-19(25-18)24-13-6-7-16-15(11-13)21-9-5-10-27-16/h6-7,11-12,21H,2-5,8-10H2,1H3,(H2,20,26)(H2,22,23,24,25). The number of hydrogen-bond donors (Lipinski definition) is 4. The van der Waals surface area contributed by atoms with Crippen molar-refractivity contribution in [1.82, 2.24) is 9.97 Å². The lowest BCUT2D eigenvalue weighted by Gasteiger charge is -2.13. The Labute approximate surface area is 158 Å². The third kappa shape index (κ3) is 4.99. The quantitative estimate of drug-likeness (QED) is 0.528. The summed E-state index contributed by atoms with van der Waals surface area (Å²) in [6.45, 7) is 4.44. The van der Waals surface area contributed by atoms with Crippen molar-refractivity contribution in [2.24, 2.45) is 5.73 Å². The van der Waals surface area contributed by atoms with E-state index in [1.54, 1.807) is 0 Å². The molecule has 0 atom stereocenters. The van der Waals surface area contributed by atoms with Crippen molar-refractivity contribution in [1.29, 1.82) is 0 Å². The number of carbonyl (C=O) groups excluding carboxylic acids is 1. The van der Waals surface area contributed by atoms with E-state index in [1.165, 1.54) is 6.20 Å². The fourth-order valence-electron chi connectivity index (χ4n) is 2.82. The number of hydrogen-bond acceptors (Lipinski definition) is 7. The van der Waals surface area contributed by atoms with Gasteiger partial charge in [-0.25, -0.2) is 4.98 Å². The van der Waals surface area contributed by atoms with Crippen LogP contribution in [0.4, 0.5) is 23.1 Å². The second-order valence-electron chi connectivity index (χ2n) is 6.42. The lowest BCUT2D eigenvalue weighted by Crippen LogP contribution is -2.17. The van der Waals surface area contributed by atoms with Crippen LogP contribution < -0.4 is 26.4 Å². The number of aromatic nitrogens is 2. The number of unbranched alkanes of at least 4 members (excludes halogenated alkanes) is 2. The van der Waals surface area contributed by atoms with Gasteiger partial charge in [0, 0.05) is 25.0 Å². The van der Waals surface area contributed by atoms with Gasteiger partial charge in [0.25, 0.3) is 5.91 Å². The molecule has 1 aliphatic heterocycles. The van der Waals surface area contributed by atoms with Gasteiger partial charge < -0.3 is 26.4 Å². The Morgan fingerprint density at radius 2 is 2.26 bits per heavy atom. The maximum atomic E-state index is 11.6. The van der Waals surface area contributed by atoms with Gasteiger partial charge in [-0.2, -0.15) is 4.98 Å². The molecule has 8 nitrogen and oxygen atoms in total. The Kier molecular flexibility index (Phi) is 6.30. The molecule has 5 N–H and O–H groups in total. The van der Waals surface area contributed by atoms with Gasteiger partial charge in [0.15, 0.2) is 0 Å². The van der Waals surface area contributed by atoms with Crippen molar-refractivity contribution in [2.45, 2.75) is 32.6 Å². The molecule has 1 amide bonds. The predicted molar refractivity (Wildman–Crippen MR) is 107 cm³/mol. The molecule has 1 aromatic carbocycles. The van der Waals surface area contributed by atoms with Crippen molar-refractivity contribution in [3.8, 4) is 5.75 Å². The fourth-order valence-corrected chi connectivity index (χ4v) is 2.82. The van der Waals surface area contributed by atoms with E-state index in [9.17, 15) is 4.79 Å². The summed E-state index contributed by atoms with van der Waals surface area (Å²) in [5.41, 5.74) is 7.49. The Morgan fingerprint density at radius 1 is 1.37 bits per heavy atom. The number of nitrogens with zero attached hydrogens (tertiary/aromatic N) is 2. The molecule has 0 aliphatic carbocycles. The highest BCUT2D eigenvalue weighted by Gasteiger charge is 2.13. The van der Waals surface area contributed by atoms with Crippen molar-refractivity contribution >= 4 is 29.0 Å². The summed E-state index contributed by atoms with van der Waals surface area (Å²) in [7, 11) is 0. The first-order chi connectivity index (χ1) is 13.2. The maximum absolute atomic E-state index is 11.6. The molecule has 8 heteroatoms. The number of amides is 1. The van der Waals surface area contributed by atoms with E-state index < -0.39 is 5.91 Å². The molecule has 0 bridgehead atoms. The average molecular weight is 370 g/mol. The third-order valence-electron chi connectivity index (χ3n) is 4.26. The minimum absolute atomic E-state index is 0.286. The molecule has 1 aromatic heterocycles. The zero-order chi connectivity index (χ0) is 19.1. The number of nitrogens with one attached hydrogen (secondary N) is 3. The Balaban J connectivity index is 1.76. The van der Waals surface area contributed by atoms with E-state index in [1.807, 2.05) is 18.2 Å². The molecule has 3 rings (SSSR count). The number of nitrogens with two attached hydrogens (primary N) is 1. The van der Waals surface area contributed by atoms with E-state index in [0.29, 0.717) is 18.4 Å². The highest BCUT2D eigenvalue weighted by atomic mass is 16.5. The Bertz CT molecular complexity index is 796. The molecular weight excluding hydrogens is 344 g/mol. The van der Waals surface area contributed by atoms with Gasteiger partial charge >= 0.3 is 0 Å². The number of carbonyl (C=O) groups is 1. The molecule has 0 saturated carbocycles. The van der Waals surface area contributed by atoms with Crippen LogP contribution in [0.15, 0.2) is 24.4 Å². The SMILES string of the molecule is CCCCCNc1nc(Nc2ccc3c(c2)NCCCO3)ncc1C(N)=O. The predicted octanol–water partition coefficient (Wildman–Crippen LogP) is 3.12. The van der Waals surface area contributed by atoms with E-state index in [0.717, 1.165) is 55.9 Å². The van der Waals surface area contributed by atoms with Gasteiger partial charge in [0.05, 0.1) is 17.9 Å². The van der Waals surface area contributed by atoms with Crippen LogP contribution in [-0.4, -0.2) is 35.6 Å². The average Bonchev–Trinajstić information content (AvgIpc) is 2.90. The van der Waals surface area contributed by atoms with Crippen LogP contribution in [0, 0.1) is 0 Å². The number of fused-ring (bicyclic) bond motifs is 1. The summed E-state index contributed by atoms with van der Waals surface area (Å²) >= 11 is 0. The topological polar surface area (TPSA) is 114 Å². The number of primary amides is 1. The highest BCUT2D eigenvalue weighted by Crippen LogP contribution is 2.30.